The fraction of sp³-hybridized carbons (Fsp3) is 0.478. The molecule has 2 unspecified atom stereocenters. The summed E-state index contributed by atoms with van der Waals surface area (Å²) in [6.07, 6.45) is 0.105. The number of hydrogen-bond acceptors (Lipinski definition) is 4. The zero-order valence-corrected chi connectivity index (χ0v) is 18.1. The van der Waals surface area contributed by atoms with Gasteiger partial charge in [-0.15, -0.1) is 0 Å². The predicted octanol–water partition coefficient (Wildman–Crippen LogP) is 4.56. The van der Waals surface area contributed by atoms with Gasteiger partial charge in [0.05, 0.1) is 23.4 Å². The summed E-state index contributed by atoms with van der Waals surface area (Å²) in [4.78, 5) is 0.159. The third kappa shape index (κ3) is 3.68. The van der Waals surface area contributed by atoms with Crippen LogP contribution in [0.5, 0.6) is 5.75 Å². The largest absolute Gasteiger partial charge is 0.497 e. The van der Waals surface area contributed by atoms with E-state index in [-0.39, 0.29) is 10.8 Å². The van der Waals surface area contributed by atoms with Gasteiger partial charge < -0.3 is 9.84 Å². The molecule has 29 heavy (non-hydrogen) atoms. The monoisotopic (exact) mass is 420 g/mol. The first-order valence-electron chi connectivity index (χ1n) is 10.1. The van der Waals surface area contributed by atoms with Crippen LogP contribution in [0.3, 0.4) is 0 Å². The molecule has 6 heteroatoms. The summed E-state index contributed by atoms with van der Waals surface area (Å²) >= 11 is 0. The highest BCUT2D eigenvalue weighted by Gasteiger charge is 2.48. The van der Waals surface area contributed by atoms with Gasteiger partial charge in [-0.2, -0.15) is 0 Å². The van der Waals surface area contributed by atoms with Crippen LogP contribution in [0.2, 0.25) is 0 Å². The molecule has 0 saturated carbocycles. The summed E-state index contributed by atoms with van der Waals surface area (Å²) in [5.74, 6) is -1.44. The SMILES string of the molecule is CCC(C)C1[C@H](CC)[C@@H](O)[C@@H](c2ccccc2F)c2cc(OC)ccc2S1(=O)=O. The van der Waals surface area contributed by atoms with E-state index in [0.29, 0.717) is 29.7 Å². The smallest absolute Gasteiger partial charge is 0.182 e. The first-order valence-corrected chi connectivity index (χ1v) is 11.7. The average Bonchev–Trinajstić information content (AvgIpc) is 2.78. The summed E-state index contributed by atoms with van der Waals surface area (Å²) in [5.41, 5.74) is 0.694. The Bertz CT molecular complexity index is 973. The first kappa shape index (κ1) is 21.8. The number of fused-ring (bicyclic) bond motifs is 1. The Balaban J connectivity index is 2.37. The van der Waals surface area contributed by atoms with Gasteiger partial charge in [0, 0.05) is 11.8 Å². The lowest BCUT2D eigenvalue weighted by atomic mass is 9.76. The maximum atomic E-state index is 14.8. The lowest BCUT2D eigenvalue weighted by Crippen LogP contribution is -2.41. The Morgan fingerprint density at radius 1 is 1.14 bits per heavy atom. The lowest BCUT2D eigenvalue weighted by molar-refractivity contribution is 0.0785. The minimum Gasteiger partial charge on any atom is -0.497 e. The fourth-order valence-electron chi connectivity index (χ4n) is 4.67. The summed E-state index contributed by atoms with van der Waals surface area (Å²) in [5, 5.41) is 10.7. The van der Waals surface area contributed by atoms with Gasteiger partial charge in [0.1, 0.15) is 11.6 Å². The van der Waals surface area contributed by atoms with Crippen molar-refractivity contribution in [2.24, 2.45) is 11.8 Å². The highest BCUT2D eigenvalue weighted by Crippen LogP contribution is 2.47. The Morgan fingerprint density at radius 2 is 1.83 bits per heavy atom. The van der Waals surface area contributed by atoms with Crippen molar-refractivity contribution in [2.45, 2.75) is 55.8 Å². The van der Waals surface area contributed by atoms with Crippen molar-refractivity contribution in [3.63, 3.8) is 0 Å². The van der Waals surface area contributed by atoms with Crippen molar-refractivity contribution in [2.75, 3.05) is 7.11 Å². The molecule has 0 aliphatic carbocycles. The third-order valence-electron chi connectivity index (χ3n) is 6.34. The molecule has 0 amide bonds. The Hall–Kier alpha value is -1.92. The molecule has 4 nitrogen and oxygen atoms in total. The van der Waals surface area contributed by atoms with Crippen molar-refractivity contribution in [3.05, 3.63) is 59.4 Å². The molecular formula is C23H29FO4S. The number of sulfone groups is 1. The summed E-state index contributed by atoms with van der Waals surface area (Å²) in [7, 11) is -2.24. The van der Waals surface area contributed by atoms with E-state index in [0.717, 1.165) is 0 Å². The minimum absolute atomic E-state index is 0.145. The Morgan fingerprint density at radius 3 is 2.41 bits per heavy atom. The fourth-order valence-corrected chi connectivity index (χ4v) is 7.35. The van der Waals surface area contributed by atoms with Gasteiger partial charge in [0.15, 0.2) is 9.84 Å². The number of ether oxygens (including phenoxy) is 1. The predicted molar refractivity (Wildman–Crippen MR) is 111 cm³/mol. The topological polar surface area (TPSA) is 63.6 Å². The van der Waals surface area contributed by atoms with E-state index in [4.69, 9.17) is 4.74 Å². The molecule has 5 atom stereocenters. The molecule has 1 aliphatic heterocycles. The van der Waals surface area contributed by atoms with Crippen LogP contribution in [0.1, 0.15) is 50.7 Å². The molecule has 3 rings (SSSR count). The summed E-state index contributed by atoms with van der Waals surface area (Å²) in [6, 6.07) is 11.0. The molecule has 0 spiro atoms. The Labute approximate surface area is 172 Å². The van der Waals surface area contributed by atoms with E-state index < -0.39 is 38.8 Å². The highest BCUT2D eigenvalue weighted by molar-refractivity contribution is 7.92. The van der Waals surface area contributed by atoms with Gasteiger partial charge >= 0.3 is 0 Å². The summed E-state index contributed by atoms with van der Waals surface area (Å²) in [6.45, 7) is 5.74. The van der Waals surface area contributed by atoms with E-state index >= 15 is 0 Å². The van der Waals surface area contributed by atoms with Gasteiger partial charge in [-0.1, -0.05) is 45.4 Å². The second-order valence-electron chi connectivity index (χ2n) is 7.86. The van der Waals surface area contributed by atoms with Crippen molar-refractivity contribution >= 4 is 9.84 Å². The van der Waals surface area contributed by atoms with E-state index in [9.17, 15) is 17.9 Å². The minimum atomic E-state index is -3.74. The van der Waals surface area contributed by atoms with Gasteiger partial charge in [0.25, 0.3) is 0 Å². The molecule has 158 valence electrons. The second kappa shape index (κ2) is 8.44. The molecule has 2 aromatic rings. The van der Waals surface area contributed by atoms with Crippen LogP contribution < -0.4 is 4.74 Å². The molecule has 0 radical (unpaired) electrons. The number of aliphatic hydroxyl groups excluding tert-OH is 1. The first-order chi connectivity index (χ1) is 13.8. The van der Waals surface area contributed by atoms with Gasteiger partial charge in [-0.25, -0.2) is 12.8 Å². The molecule has 0 bridgehead atoms. The molecule has 0 aromatic heterocycles. The third-order valence-corrected chi connectivity index (χ3v) is 8.85. The molecule has 1 heterocycles. The number of rotatable bonds is 5. The molecule has 2 aromatic carbocycles. The van der Waals surface area contributed by atoms with Crippen molar-refractivity contribution in [1.82, 2.24) is 0 Å². The van der Waals surface area contributed by atoms with Gasteiger partial charge in [0.2, 0.25) is 0 Å². The maximum Gasteiger partial charge on any atom is 0.182 e. The van der Waals surface area contributed by atoms with Crippen LogP contribution in [-0.4, -0.2) is 32.0 Å². The van der Waals surface area contributed by atoms with E-state index in [1.807, 2.05) is 20.8 Å². The van der Waals surface area contributed by atoms with Crippen LogP contribution in [0.25, 0.3) is 0 Å². The standard InChI is InChI=1S/C23H29FO4S/c1-5-14(3)23-16(6-2)22(25)21(17-9-7-8-10-19(17)24)18-13-15(28-4)11-12-20(18)29(23,26)27/h7-14,16,21-23,25H,5-6H2,1-4H3/t14?,16-,21+,22-,23?/m1/s1. The number of benzene rings is 2. The summed E-state index contributed by atoms with van der Waals surface area (Å²) < 4.78 is 47.6. The molecule has 0 saturated heterocycles. The number of methoxy groups -OCH3 is 1. The Kier molecular flexibility index (Phi) is 6.34. The molecule has 1 aliphatic rings. The lowest BCUT2D eigenvalue weighted by Gasteiger charge is -2.33. The van der Waals surface area contributed by atoms with Crippen LogP contribution in [0, 0.1) is 17.7 Å². The zero-order chi connectivity index (χ0) is 21.3. The second-order valence-corrected chi connectivity index (χ2v) is 9.93. The number of aliphatic hydroxyl groups is 1. The van der Waals surface area contributed by atoms with E-state index in [1.54, 1.807) is 30.3 Å². The van der Waals surface area contributed by atoms with Crippen molar-refractivity contribution in [1.29, 1.82) is 0 Å². The quantitative estimate of drug-likeness (QED) is 0.770. The van der Waals surface area contributed by atoms with Crippen molar-refractivity contribution < 1.29 is 22.7 Å². The highest BCUT2D eigenvalue weighted by atomic mass is 32.2. The number of halogens is 1. The zero-order valence-electron chi connectivity index (χ0n) is 17.3. The van der Waals surface area contributed by atoms with Crippen LogP contribution in [0.4, 0.5) is 4.39 Å². The molecule has 0 fully saturated rings. The van der Waals surface area contributed by atoms with E-state index in [2.05, 4.69) is 0 Å². The maximum absolute atomic E-state index is 14.8. The molecule has 1 N–H and O–H groups in total. The average molecular weight is 421 g/mol. The normalized spacial score (nSPS) is 27.0. The van der Waals surface area contributed by atoms with Gasteiger partial charge in [-0.3, -0.25) is 0 Å². The van der Waals surface area contributed by atoms with E-state index in [1.165, 1.54) is 19.2 Å². The molecular weight excluding hydrogens is 391 g/mol. The number of hydrogen-bond donors (Lipinski definition) is 1. The van der Waals surface area contributed by atoms with Crippen LogP contribution in [0.15, 0.2) is 47.4 Å². The van der Waals surface area contributed by atoms with Crippen LogP contribution in [-0.2, 0) is 9.84 Å². The van der Waals surface area contributed by atoms with Gasteiger partial charge in [-0.05, 0) is 47.7 Å². The van der Waals surface area contributed by atoms with Crippen LogP contribution >= 0.6 is 0 Å². The van der Waals surface area contributed by atoms with Crippen molar-refractivity contribution in [3.8, 4) is 5.75 Å².